The molecular weight excluding hydrogens is 541 g/mol. The Kier molecular flexibility index (Phi) is 7.44. The first kappa shape index (κ1) is 27.5. The van der Waals surface area contributed by atoms with E-state index in [1.165, 1.54) is 23.2 Å². The fraction of sp³-hybridized carbons (Fsp3) is 0.542. The Morgan fingerprint density at radius 3 is 2.33 bits per heavy atom. The normalized spacial score (nSPS) is 18.8. The maximum absolute atomic E-state index is 12.9. The van der Waals surface area contributed by atoms with Gasteiger partial charge in [0.15, 0.2) is 0 Å². The minimum absolute atomic E-state index is 0.0183. The first-order valence-corrected chi connectivity index (χ1v) is 12.7. The molecule has 1 aromatic carbocycles. The second-order valence-corrected chi connectivity index (χ2v) is 9.94. The molecule has 0 N–H and O–H groups in total. The number of halogens is 3. The number of carbonyl (C=O) groups is 2. The van der Waals surface area contributed by atoms with Gasteiger partial charge in [-0.25, -0.2) is 4.79 Å². The van der Waals surface area contributed by atoms with Gasteiger partial charge in [-0.15, -0.1) is 13.2 Å². The predicted molar refractivity (Wildman–Crippen MR) is 129 cm³/mol. The Morgan fingerprint density at radius 2 is 1.73 bits per heavy atom. The van der Waals surface area contributed by atoms with Gasteiger partial charge in [0.2, 0.25) is 5.91 Å². The van der Waals surface area contributed by atoms with E-state index >= 15 is 0 Å². The van der Waals surface area contributed by atoms with E-state index in [9.17, 15) is 32.9 Å². The molecule has 1 spiro atoms. The number of ether oxygens (including phenoxy) is 3. The SMILES string of the molecule is O=C(CN1CCN(C(=O)OCc2ccc(OC(F)(F)F)cc2)CC1)N1CCC2(CC1)Cn1cc([N+](=O)[O-])nc1O2. The highest BCUT2D eigenvalue weighted by Gasteiger charge is 2.46. The molecule has 1 aromatic heterocycles. The molecule has 2 saturated heterocycles. The summed E-state index contributed by atoms with van der Waals surface area (Å²) in [5.74, 6) is -0.626. The molecule has 2 aromatic rings. The zero-order valence-electron chi connectivity index (χ0n) is 21.3. The summed E-state index contributed by atoms with van der Waals surface area (Å²) in [6, 6.07) is 5.31. The fourth-order valence-electron chi connectivity index (χ4n) is 5.03. The summed E-state index contributed by atoms with van der Waals surface area (Å²) in [6.07, 6.45) is -2.76. The summed E-state index contributed by atoms with van der Waals surface area (Å²) in [5.41, 5.74) is 0.00336. The number of amides is 2. The van der Waals surface area contributed by atoms with Gasteiger partial charge in [-0.1, -0.05) is 12.1 Å². The Hall–Kier alpha value is -4.08. The van der Waals surface area contributed by atoms with Crippen LogP contribution in [0.2, 0.25) is 0 Å². The molecule has 0 unspecified atom stereocenters. The number of nitrogens with zero attached hydrogens (tertiary/aromatic N) is 6. The van der Waals surface area contributed by atoms with E-state index in [4.69, 9.17) is 9.47 Å². The number of carbonyl (C=O) groups excluding carboxylic acids is 2. The van der Waals surface area contributed by atoms with Crippen LogP contribution in [0.3, 0.4) is 0 Å². The van der Waals surface area contributed by atoms with Gasteiger partial charge >= 0.3 is 24.3 Å². The van der Waals surface area contributed by atoms with E-state index in [1.807, 2.05) is 4.90 Å². The van der Waals surface area contributed by atoms with Crippen molar-refractivity contribution in [3.05, 3.63) is 46.1 Å². The molecule has 2 fully saturated rings. The lowest BCUT2D eigenvalue weighted by atomic mass is 9.91. The highest BCUT2D eigenvalue weighted by molar-refractivity contribution is 5.78. The molecule has 16 heteroatoms. The second-order valence-electron chi connectivity index (χ2n) is 9.94. The summed E-state index contributed by atoms with van der Waals surface area (Å²) in [6.45, 7) is 3.32. The van der Waals surface area contributed by atoms with Crippen molar-refractivity contribution in [3.63, 3.8) is 0 Å². The van der Waals surface area contributed by atoms with E-state index in [-0.39, 0.29) is 36.6 Å². The second kappa shape index (κ2) is 10.8. The topological polar surface area (TPSA) is 133 Å². The number of nitro groups is 1. The molecule has 0 bridgehead atoms. The first-order valence-electron chi connectivity index (χ1n) is 12.7. The lowest BCUT2D eigenvalue weighted by molar-refractivity contribution is -0.389. The highest BCUT2D eigenvalue weighted by atomic mass is 19.4. The van der Waals surface area contributed by atoms with Gasteiger partial charge in [-0.05, 0) is 22.6 Å². The van der Waals surface area contributed by atoms with E-state index < -0.39 is 23.0 Å². The number of hydrogen-bond acceptors (Lipinski definition) is 9. The van der Waals surface area contributed by atoms with Crippen molar-refractivity contribution in [1.29, 1.82) is 0 Å². The fourth-order valence-corrected chi connectivity index (χ4v) is 5.03. The molecule has 0 aliphatic carbocycles. The maximum atomic E-state index is 12.9. The Balaban J connectivity index is 1.01. The van der Waals surface area contributed by atoms with Gasteiger partial charge in [0.25, 0.3) is 0 Å². The quantitative estimate of drug-likeness (QED) is 0.381. The molecule has 13 nitrogen and oxygen atoms in total. The van der Waals surface area contributed by atoms with Crippen LogP contribution >= 0.6 is 0 Å². The van der Waals surface area contributed by atoms with Gasteiger partial charge in [-0.3, -0.25) is 14.3 Å². The average molecular weight is 569 g/mol. The van der Waals surface area contributed by atoms with Crippen molar-refractivity contribution < 1.29 is 41.9 Å². The number of fused-ring (bicyclic) bond motifs is 1. The van der Waals surface area contributed by atoms with E-state index in [2.05, 4.69) is 9.72 Å². The summed E-state index contributed by atoms with van der Waals surface area (Å²) < 4.78 is 53.5. The van der Waals surface area contributed by atoms with Crippen LogP contribution in [-0.4, -0.2) is 99.0 Å². The molecule has 5 rings (SSSR count). The largest absolute Gasteiger partial charge is 0.573 e. The van der Waals surface area contributed by atoms with E-state index in [1.54, 1.807) is 9.47 Å². The van der Waals surface area contributed by atoms with E-state index in [0.717, 1.165) is 12.1 Å². The minimum atomic E-state index is -4.78. The number of imidazole rings is 1. The van der Waals surface area contributed by atoms with Crippen molar-refractivity contribution in [3.8, 4) is 11.8 Å². The van der Waals surface area contributed by atoms with Crippen LogP contribution in [-0.2, 0) is 22.7 Å². The summed E-state index contributed by atoms with van der Waals surface area (Å²) in [5, 5.41) is 10.9. The molecule has 0 radical (unpaired) electrons. The molecule has 0 saturated carbocycles. The van der Waals surface area contributed by atoms with Crippen LogP contribution in [0.1, 0.15) is 18.4 Å². The van der Waals surface area contributed by atoms with Crippen LogP contribution in [0, 0.1) is 10.1 Å². The van der Waals surface area contributed by atoms with Crippen molar-refractivity contribution in [2.24, 2.45) is 0 Å². The van der Waals surface area contributed by atoms with Crippen LogP contribution in [0.4, 0.5) is 23.8 Å². The summed E-state index contributed by atoms with van der Waals surface area (Å²) in [4.78, 5) is 44.9. The molecule has 216 valence electrons. The number of rotatable bonds is 6. The molecule has 3 aliphatic rings. The van der Waals surface area contributed by atoms with Crippen molar-refractivity contribution in [2.75, 3.05) is 45.8 Å². The number of piperidine rings is 1. The van der Waals surface area contributed by atoms with Gasteiger partial charge in [0.05, 0.1) is 13.1 Å². The molecule has 4 heterocycles. The molecule has 2 amide bonds. The highest BCUT2D eigenvalue weighted by Crippen LogP contribution is 2.37. The van der Waals surface area contributed by atoms with Gasteiger partial charge in [-0.2, -0.15) is 0 Å². The number of alkyl halides is 3. The van der Waals surface area contributed by atoms with Crippen LogP contribution in [0.25, 0.3) is 0 Å². The summed E-state index contributed by atoms with van der Waals surface area (Å²) in [7, 11) is 0. The van der Waals surface area contributed by atoms with Gasteiger partial charge in [0.1, 0.15) is 24.2 Å². The van der Waals surface area contributed by atoms with Crippen molar-refractivity contribution >= 4 is 17.8 Å². The Bertz CT molecular complexity index is 1230. The van der Waals surface area contributed by atoms with Gasteiger partial charge < -0.3 is 34.1 Å². The predicted octanol–water partition coefficient (Wildman–Crippen LogP) is 2.40. The average Bonchev–Trinajstić information content (AvgIpc) is 3.44. The molecule has 40 heavy (non-hydrogen) atoms. The van der Waals surface area contributed by atoms with Crippen LogP contribution in [0.15, 0.2) is 30.5 Å². The number of aromatic nitrogens is 2. The number of likely N-dealkylation sites (tertiary alicyclic amines) is 1. The third-order valence-corrected chi connectivity index (χ3v) is 7.22. The Labute approximate surface area is 226 Å². The summed E-state index contributed by atoms with van der Waals surface area (Å²) >= 11 is 0. The van der Waals surface area contributed by atoms with Crippen LogP contribution in [0.5, 0.6) is 11.8 Å². The van der Waals surface area contributed by atoms with E-state index in [0.29, 0.717) is 64.2 Å². The minimum Gasteiger partial charge on any atom is -0.445 e. The molecule has 0 atom stereocenters. The zero-order valence-corrected chi connectivity index (χ0v) is 21.3. The smallest absolute Gasteiger partial charge is 0.445 e. The third-order valence-electron chi connectivity index (χ3n) is 7.22. The first-order chi connectivity index (χ1) is 19.0. The molecule has 3 aliphatic heterocycles. The third kappa shape index (κ3) is 6.38. The lowest BCUT2D eigenvalue weighted by Crippen LogP contribution is -2.54. The molecular formula is C24H27F3N6O7. The monoisotopic (exact) mass is 568 g/mol. The lowest BCUT2D eigenvalue weighted by Gasteiger charge is -2.39. The number of benzene rings is 1. The van der Waals surface area contributed by atoms with Gasteiger partial charge in [0, 0.05) is 57.1 Å². The van der Waals surface area contributed by atoms with Crippen molar-refractivity contribution in [1.82, 2.24) is 24.3 Å². The zero-order chi connectivity index (χ0) is 28.5. The van der Waals surface area contributed by atoms with Crippen LogP contribution < -0.4 is 9.47 Å². The Morgan fingerprint density at radius 1 is 1.05 bits per heavy atom. The standard InChI is InChI=1S/C24H27F3N6O7/c25-24(26,27)39-18-3-1-17(2-4-18)15-38-22(35)31-11-9-29(10-12-31)14-20(34)30-7-5-23(6-8-30)16-32-13-19(33(36)37)28-21(32)40-23/h1-4,13H,5-12,14-16H2. The maximum Gasteiger partial charge on any atom is 0.573 e. The number of hydrogen-bond donors (Lipinski definition) is 0. The number of piperazine rings is 1. The van der Waals surface area contributed by atoms with Crippen molar-refractivity contribution in [2.45, 2.75) is 38.0 Å².